The van der Waals surface area contributed by atoms with Gasteiger partial charge in [-0.3, -0.25) is 0 Å². The van der Waals surface area contributed by atoms with Gasteiger partial charge in [0.15, 0.2) is 5.82 Å². The topological polar surface area (TPSA) is 75.9 Å². The summed E-state index contributed by atoms with van der Waals surface area (Å²) in [6.07, 6.45) is 6.51. The van der Waals surface area contributed by atoms with E-state index >= 15 is 0 Å². The van der Waals surface area contributed by atoms with Gasteiger partial charge in [0.2, 0.25) is 0 Å². The highest BCUT2D eigenvalue weighted by Crippen LogP contribution is 2.29. The lowest BCUT2D eigenvalue weighted by atomic mass is 10.2. The smallest absolute Gasteiger partial charge is 0.159 e. The molecular weight excluding hydrogens is 258 g/mol. The lowest BCUT2D eigenvalue weighted by Crippen LogP contribution is -2.17. The maximum absolute atomic E-state index is 5.33. The van der Waals surface area contributed by atoms with Crippen LogP contribution in [0.25, 0.3) is 0 Å². The molecule has 1 fully saturated rings. The second-order valence-corrected chi connectivity index (χ2v) is 4.45. The number of hydrazine groups is 1. The highest BCUT2D eigenvalue weighted by Gasteiger charge is 2.17. The molecule has 0 atom stereocenters. The Kier molecular flexibility index (Phi) is 3.37. The summed E-state index contributed by atoms with van der Waals surface area (Å²) < 4.78 is 0.791. The van der Waals surface area contributed by atoms with Gasteiger partial charge in [-0.05, 0) is 28.8 Å². The van der Waals surface area contributed by atoms with E-state index in [2.05, 4.69) is 36.6 Å². The number of aromatic nitrogens is 2. The Balaban J connectivity index is 2.13. The average Bonchev–Trinajstić information content (AvgIpc) is 2.74. The van der Waals surface area contributed by atoms with Crippen LogP contribution in [-0.4, -0.2) is 16.0 Å². The third-order valence-electron chi connectivity index (χ3n) is 2.62. The highest BCUT2D eigenvalue weighted by atomic mass is 79.9. The molecule has 1 aliphatic rings. The molecule has 0 saturated heterocycles. The summed E-state index contributed by atoms with van der Waals surface area (Å²) in [6, 6.07) is 0.529. The minimum atomic E-state index is 0.529. The van der Waals surface area contributed by atoms with Crippen molar-refractivity contribution in [3.63, 3.8) is 0 Å². The van der Waals surface area contributed by atoms with E-state index in [9.17, 15) is 0 Å². The van der Waals surface area contributed by atoms with Gasteiger partial charge in [0.25, 0.3) is 0 Å². The molecule has 5 nitrogen and oxygen atoms in total. The standard InChI is InChI=1S/C9H14BrN5/c10-7-8(12-5-13-9(7)15-11)14-6-3-1-2-4-6/h5-6H,1-4,11H2,(H2,12,13,14,15). The molecule has 0 bridgehead atoms. The number of nitrogens with zero attached hydrogens (tertiary/aromatic N) is 2. The van der Waals surface area contributed by atoms with Crippen molar-refractivity contribution in [2.24, 2.45) is 5.84 Å². The summed E-state index contributed by atoms with van der Waals surface area (Å²) >= 11 is 3.42. The first-order valence-electron chi connectivity index (χ1n) is 5.05. The van der Waals surface area contributed by atoms with E-state index in [0.29, 0.717) is 11.9 Å². The molecule has 0 amide bonds. The van der Waals surface area contributed by atoms with Crippen LogP contribution in [0.2, 0.25) is 0 Å². The van der Waals surface area contributed by atoms with Gasteiger partial charge in [-0.25, -0.2) is 15.8 Å². The Morgan fingerprint density at radius 1 is 1.27 bits per heavy atom. The molecule has 0 radical (unpaired) electrons. The molecule has 1 aromatic heterocycles. The number of nitrogen functional groups attached to an aromatic ring is 1. The molecule has 2 rings (SSSR count). The number of nitrogens with two attached hydrogens (primary N) is 1. The van der Waals surface area contributed by atoms with E-state index in [1.54, 1.807) is 0 Å². The van der Waals surface area contributed by atoms with Crippen molar-refractivity contribution in [1.29, 1.82) is 0 Å². The van der Waals surface area contributed by atoms with Crippen LogP contribution in [0.5, 0.6) is 0 Å². The van der Waals surface area contributed by atoms with Gasteiger partial charge in [0.1, 0.15) is 16.6 Å². The minimum absolute atomic E-state index is 0.529. The Labute approximate surface area is 97.0 Å². The zero-order valence-electron chi connectivity index (χ0n) is 8.33. The van der Waals surface area contributed by atoms with E-state index in [-0.39, 0.29) is 0 Å². The fraction of sp³-hybridized carbons (Fsp3) is 0.556. The molecule has 0 unspecified atom stereocenters. The van der Waals surface area contributed by atoms with Crippen LogP contribution < -0.4 is 16.6 Å². The highest BCUT2D eigenvalue weighted by molar-refractivity contribution is 9.10. The average molecular weight is 272 g/mol. The molecule has 0 aromatic carbocycles. The second kappa shape index (κ2) is 4.76. The first-order valence-corrected chi connectivity index (χ1v) is 5.84. The fourth-order valence-electron chi connectivity index (χ4n) is 1.83. The van der Waals surface area contributed by atoms with Crippen molar-refractivity contribution in [2.45, 2.75) is 31.7 Å². The van der Waals surface area contributed by atoms with Crippen LogP contribution in [0, 0.1) is 0 Å². The van der Waals surface area contributed by atoms with Gasteiger partial charge in [0.05, 0.1) is 0 Å². The van der Waals surface area contributed by atoms with Crippen molar-refractivity contribution in [1.82, 2.24) is 9.97 Å². The van der Waals surface area contributed by atoms with Crippen LogP contribution in [0.1, 0.15) is 25.7 Å². The molecule has 1 aliphatic carbocycles. The summed E-state index contributed by atoms with van der Waals surface area (Å²) in [6.45, 7) is 0. The van der Waals surface area contributed by atoms with E-state index < -0.39 is 0 Å². The Hall–Kier alpha value is -0.880. The molecule has 1 heterocycles. The number of nitrogens with one attached hydrogen (secondary N) is 2. The summed E-state index contributed by atoms with van der Waals surface area (Å²) in [5.74, 6) is 6.74. The van der Waals surface area contributed by atoms with Crippen LogP contribution >= 0.6 is 15.9 Å². The second-order valence-electron chi connectivity index (χ2n) is 3.65. The maximum Gasteiger partial charge on any atom is 0.159 e. The summed E-state index contributed by atoms with van der Waals surface area (Å²) in [4.78, 5) is 8.18. The zero-order chi connectivity index (χ0) is 10.7. The van der Waals surface area contributed by atoms with Crippen molar-refractivity contribution in [3.8, 4) is 0 Å². The van der Waals surface area contributed by atoms with E-state index in [4.69, 9.17) is 5.84 Å². The van der Waals surface area contributed by atoms with Crippen molar-refractivity contribution >= 4 is 27.6 Å². The predicted molar refractivity (Wildman–Crippen MR) is 63.4 cm³/mol. The first-order chi connectivity index (χ1) is 7.31. The largest absolute Gasteiger partial charge is 0.366 e. The predicted octanol–water partition coefficient (Wildman–Crippen LogP) is 1.88. The first kappa shape index (κ1) is 10.6. The van der Waals surface area contributed by atoms with Gasteiger partial charge < -0.3 is 10.7 Å². The van der Waals surface area contributed by atoms with Gasteiger partial charge >= 0.3 is 0 Å². The lowest BCUT2D eigenvalue weighted by Gasteiger charge is -2.14. The molecule has 6 heteroatoms. The van der Waals surface area contributed by atoms with Gasteiger partial charge in [-0.15, -0.1) is 0 Å². The molecule has 1 aromatic rings. The normalized spacial score (nSPS) is 16.7. The Morgan fingerprint density at radius 3 is 2.60 bits per heavy atom. The van der Waals surface area contributed by atoms with Crippen molar-refractivity contribution in [2.75, 3.05) is 10.7 Å². The Bertz CT molecular complexity index is 337. The van der Waals surface area contributed by atoms with Gasteiger partial charge in [-0.2, -0.15) is 0 Å². The summed E-state index contributed by atoms with van der Waals surface area (Å²) in [5, 5.41) is 3.39. The van der Waals surface area contributed by atoms with E-state index in [1.807, 2.05) is 0 Å². The molecule has 15 heavy (non-hydrogen) atoms. The number of rotatable bonds is 3. The summed E-state index contributed by atoms with van der Waals surface area (Å²) in [7, 11) is 0. The zero-order valence-corrected chi connectivity index (χ0v) is 9.92. The monoisotopic (exact) mass is 271 g/mol. The van der Waals surface area contributed by atoms with Gasteiger partial charge in [-0.1, -0.05) is 12.8 Å². The molecule has 4 N–H and O–H groups in total. The number of halogens is 1. The SMILES string of the molecule is NNc1ncnc(NC2CCCC2)c1Br. The molecule has 0 spiro atoms. The lowest BCUT2D eigenvalue weighted by molar-refractivity contribution is 0.749. The molecule has 1 saturated carbocycles. The van der Waals surface area contributed by atoms with E-state index in [0.717, 1.165) is 10.3 Å². The fourth-order valence-corrected chi connectivity index (χ4v) is 2.27. The van der Waals surface area contributed by atoms with Crippen molar-refractivity contribution < 1.29 is 0 Å². The maximum atomic E-state index is 5.33. The molecule has 82 valence electrons. The number of hydrogen-bond donors (Lipinski definition) is 3. The van der Waals surface area contributed by atoms with Crippen LogP contribution in [-0.2, 0) is 0 Å². The Morgan fingerprint density at radius 2 is 1.93 bits per heavy atom. The van der Waals surface area contributed by atoms with Crippen LogP contribution in [0.3, 0.4) is 0 Å². The molecule has 0 aliphatic heterocycles. The third kappa shape index (κ3) is 2.38. The van der Waals surface area contributed by atoms with Crippen molar-refractivity contribution in [3.05, 3.63) is 10.8 Å². The minimum Gasteiger partial charge on any atom is -0.366 e. The van der Waals surface area contributed by atoms with Gasteiger partial charge in [0, 0.05) is 6.04 Å². The number of anilines is 2. The summed E-state index contributed by atoms with van der Waals surface area (Å²) in [5.41, 5.74) is 2.52. The third-order valence-corrected chi connectivity index (χ3v) is 3.37. The number of hydrogen-bond acceptors (Lipinski definition) is 5. The van der Waals surface area contributed by atoms with E-state index in [1.165, 1.54) is 32.0 Å². The molecular formula is C9H14BrN5. The van der Waals surface area contributed by atoms with Crippen LogP contribution in [0.15, 0.2) is 10.8 Å². The van der Waals surface area contributed by atoms with Crippen LogP contribution in [0.4, 0.5) is 11.6 Å². The quantitative estimate of drug-likeness (QED) is 0.578.